The average Bonchev–Trinajstić information content (AvgIpc) is 3.54. The van der Waals surface area contributed by atoms with E-state index in [0.29, 0.717) is 5.15 Å². The summed E-state index contributed by atoms with van der Waals surface area (Å²) in [5, 5.41) is 13.0. The molecule has 5 rings (SSSR count). The molecule has 0 unspecified atom stereocenters. The molecule has 0 radical (unpaired) electrons. The van der Waals surface area contributed by atoms with E-state index in [9.17, 15) is 4.79 Å². The van der Waals surface area contributed by atoms with Crippen LogP contribution < -0.4 is 5.32 Å². The highest BCUT2D eigenvalue weighted by atomic mass is 35.5. The number of fused-ring (bicyclic) bond motifs is 1. The number of nitrogens with one attached hydrogen (secondary N) is 1. The lowest BCUT2D eigenvalue weighted by atomic mass is 9.96. The molecule has 0 spiro atoms. The monoisotopic (exact) mass is 415 g/mol. The lowest BCUT2D eigenvalue weighted by molar-refractivity contribution is 0.188. The van der Waals surface area contributed by atoms with E-state index in [2.05, 4.69) is 10.3 Å². The maximum Gasteiger partial charge on any atom is 0.405 e. The van der Waals surface area contributed by atoms with Crippen LogP contribution in [0.3, 0.4) is 0 Å². The number of amides is 1. The van der Waals surface area contributed by atoms with Crippen LogP contribution in [0.4, 0.5) is 4.79 Å². The van der Waals surface area contributed by atoms with E-state index in [-0.39, 0.29) is 0 Å². The van der Waals surface area contributed by atoms with Crippen molar-refractivity contribution >= 4 is 28.6 Å². The molecule has 4 aromatic rings. The molecule has 1 aliphatic rings. The van der Waals surface area contributed by atoms with Gasteiger partial charge in [0.25, 0.3) is 0 Å². The van der Waals surface area contributed by atoms with Gasteiger partial charge in [-0.15, -0.1) is 0 Å². The Labute approximate surface area is 178 Å². The molecule has 0 atom stereocenters. The van der Waals surface area contributed by atoms with Crippen molar-refractivity contribution in [3.8, 4) is 22.4 Å². The van der Waals surface area contributed by atoms with Crippen LogP contribution in [0.1, 0.15) is 18.4 Å². The van der Waals surface area contributed by atoms with Gasteiger partial charge in [0.1, 0.15) is 5.15 Å². The minimum absolute atomic E-state index is 0.425. The van der Waals surface area contributed by atoms with Crippen molar-refractivity contribution in [3.05, 3.63) is 83.6 Å². The number of carbonyl (C=O) groups is 1. The maximum absolute atomic E-state index is 11.1. The molecule has 30 heavy (non-hydrogen) atoms. The second-order valence-electron chi connectivity index (χ2n) is 7.51. The normalized spacial score (nSPS) is 14.4. The predicted octanol–water partition coefficient (Wildman–Crippen LogP) is 5.87. The van der Waals surface area contributed by atoms with Crippen molar-refractivity contribution in [2.45, 2.75) is 18.4 Å². The molecule has 148 valence electrons. The van der Waals surface area contributed by atoms with Crippen molar-refractivity contribution in [1.82, 2.24) is 15.3 Å². The van der Waals surface area contributed by atoms with Gasteiger partial charge in [0, 0.05) is 22.7 Å². The minimum atomic E-state index is -0.996. The summed E-state index contributed by atoms with van der Waals surface area (Å²) >= 11 is 6.33. The molecule has 2 heterocycles. The molecule has 0 aliphatic heterocycles. The largest absolute Gasteiger partial charge is 0.465 e. The number of pyridine rings is 2. The summed E-state index contributed by atoms with van der Waals surface area (Å²) in [4.78, 5) is 20.2. The molecule has 1 amide bonds. The number of aromatic nitrogens is 2. The van der Waals surface area contributed by atoms with Crippen molar-refractivity contribution < 1.29 is 9.90 Å². The molecular formula is C24H18ClN3O2. The highest BCUT2D eigenvalue weighted by Gasteiger charge is 2.45. The van der Waals surface area contributed by atoms with E-state index in [4.69, 9.17) is 21.7 Å². The summed E-state index contributed by atoms with van der Waals surface area (Å²) < 4.78 is 0. The van der Waals surface area contributed by atoms with Gasteiger partial charge in [-0.25, -0.2) is 14.8 Å². The molecule has 2 aromatic carbocycles. The summed E-state index contributed by atoms with van der Waals surface area (Å²) in [6, 6.07) is 21.9. The van der Waals surface area contributed by atoms with Gasteiger partial charge in [0.15, 0.2) is 0 Å². The molecule has 1 fully saturated rings. The Bertz CT molecular complexity index is 1250. The van der Waals surface area contributed by atoms with E-state index in [1.165, 1.54) is 0 Å². The summed E-state index contributed by atoms with van der Waals surface area (Å²) in [6.45, 7) is 0. The van der Waals surface area contributed by atoms with Crippen LogP contribution >= 0.6 is 11.6 Å². The summed E-state index contributed by atoms with van der Waals surface area (Å²) in [5.74, 6) is 0. The van der Waals surface area contributed by atoms with Crippen LogP contribution in [0.15, 0.2) is 72.9 Å². The third kappa shape index (κ3) is 3.27. The molecular weight excluding hydrogens is 398 g/mol. The van der Waals surface area contributed by atoms with Gasteiger partial charge in [-0.2, -0.15) is 0 Å². The number of benzene rings is 2. The fraction of sp³-hybridized carbons (Fsp3) is 0.125. The Morgan fingerprint density at radius 3 is 2.40 bits per heavy atom. The fourth-order valence-corrected chi connectivity index (χ4v) is 4.09. The van der Waals surface area contributed by atoms with Crippen LogP contribution in [-0.2, 0) is 5.54 Å². The second-order valence-corrected chi connectivity index (χ2v) is 7.87. The van der Waals surface area contributed by atoms with Gasteiger partial charge in [-0.3, -0.25) is 0 Å². The van der Waals surface area contributed by atoms with Crippen LogP contribution in [0, 0.1) is 0 Å². The van der Waals surface area contributed by atoms with Gasteiger partial charge in [0.2, 0.25) is 0 Å². The quantitative estimate of drug-likeness (QED) is 0.408. The van der Waals surface area contributed by atoms with Crippen molar-refractivity contribution in [1.29, 1.82) is 0 Å². The SMILES string of the molecule is O=C(O)NC1(c2ccc(-c3nc4ccnc(Cl)c4cc3-c3ccccc3)cc2)CC1. The Kier molecular flexibility index (Phi) is 4.40. The van der Waals surface area contributed by atoms with E-state index in [0.717, 1.165) is 51.7 Å². The Balaban J connectivity index is 1.64. The van der Waals surface area contributed by atoms with Crippen LogP contribution in [0.2, 0.25) is 5.15 Å². The first-order valence-electron chi connectivity index (χ1n) is 9.68. The van der Waals surface area contributed by atoms with Crippen LogP contribution in [0.5, 0.6) is 0 Å². The number of hydrogen-bond donors (Lipinski definition) is 2. The van der Waals surface area contributed by atoms with Crippen LogP contribution in [-0.4, -0.2) is 21.2 Å². The van der Waals surface area contributed by atoms with Crippen LogP contribution in [0.25, 0.3) is 33.3 Å². The molecule has 2 N–H and O–H groups in total. The smallest absolute Gasteiger partial charge is 0.405 e. The number of rotatable bonds is 4. The Hall–Kier alpha value is -3.44. The first kappa shape index (κ1) is 18.6. The average molecular weight is 416 g/mol. The molecule has 1 saturated carbocycles. The first-order chi connectivity index (χ1) is 14.6. The third-order valence-corrected chi connectivity index (χ3v) is 5.89. The van der Waals surface area contributed by atoms with Gasteiger partial charge >= 0.3 is 6.09 Å². The zero-order valence-corrected chi connectivity index (χ0v) is 16.7. The molecule has 0 saturated heterocycles. The lowest BCUT2D eigenvalue weighted by Gasteiger charge is -2.17. The maximum atomic E-state index is 11.1. The third-order valence-electron chi connectivity index (χ3n) is 5.59. The van der Waals surface area contributed by atoms with Gasteiger partial charge < -0.3 is 10.4 Å². The first-order valence-corrected chi connectivity index (χ1v) is 10.1. The van der Waals surface area contributed by atoms with E-state index in [1.807, 2.05) is 66.7 Å². The van der Waals surface area contributed by atoms with Crippen molar-refractivity contribution in [2.24, 2.45) is 0 Å². The van der Waals surface area contributed by atoms with Gasteiger partial charge in [-0.1, -0.05) is 66.2 Å². The van der Waals surface area contributed by atoms with E-state index >= 15 is 0 Å². The van der Waals surface area contributed by atoms with Crippen molar-refractivity contribution in [2.75, 3.05) is 0 Å². The van der Waals surface area contributed by atoms with E-state index in [1.54, 1.807) is 6.20 Å². The zero-order valence-electron chi connectivity index (χ0n) is 16.0. The van der Waals surface area contributed by atoms with E-state index < -0.39 is 11.6 Å². The summed E-state index contributed by atoms with van der Waals surface area (Å²) in [5.41, 5.74) is 5.11. The summed E-state index contributed by atoms with van der Waals surface area (Å²) in [6.07, 6.45) is 2.28. The molecule has 2 aromatic heterocycles. The number of hydrogen-bond acceptors (Lipinski definition) is 3. The Morgan fingerprint density at radius 2 is 1.73 bits per heavy atom. The molecule has 5 nitrogen and oxygen atoms in total. The van der Waals surface area contributed by atoms with Gasteiger partial charge in [0.05, 0.1) is 16.7 Å². The highest BCUT2D eigenvalue weighted by Crippen LogP contribution is 2.46. The number of carboxylic acid groups (broad SMARTS) is 1. The topological polar surface area (TPSA) is 75.1 Å². The molecule has 1 aliphatic carbocycles. The predicted molar refractivity (Wildman–Crippen MR) is 117 cm³/mol. The standard InChI is InChI=1S/C24H18ClN3O2/c25-22-19-14-18(15-4-2-1-3-5-15)21(27-20(19)10-13-26-22)16-6-8-17(9-7-16)24(11-12-24)28-23(29)30/h1-10,13-14,28H,11-12H2,(H,29,30). The molecule has 6 heteroatoms. The zero-order chi connectivity index (χ0) is 20.7. The highest BCUT2D eigenvalue weighted by molar-refractivity contribution is 6.34. The second kappa shape index (κ2) is 7.11. The minimum Gasteiger partial charge on any atom is -0.465 e. The summed E-state index contributed by atoms with van der Waals surface area (Å²) in [7, 11) is 0. The number of halogens is 1. The Morgan fingerprint density at radius 1 is 1.00 bits per heavy atom. The van der Waals surface area contributed by atoms with Crippen molar-refractivity contribution in [3.63, 3.8) is 0 Å². The fourth-order valence-electron chi connectivity index (χ4n) is 3.88. The lowest BCUT2D eigenvalue weighted by Crippen LogP contribution is -2.33. The van der Waals surface area contributed by atoms with Gasteiger partial charge in [-0.05, 0) is 36.1 Å². The molecule has 0 bridgehead atoms. The number of nitrogens with zero attached hydrogens (tertiary/aromatic N) is 2.